The fraction of sp³-hybridized carbons (Fsp3) is 0.500. The van der Waals surface area contributed by atoms with Crippen LogP contribution < -0.4 is 5.73 Å². The SMILES string of the molecule is CC(C)(CS(C)(=O)=O)c1ccc(C(=O)CCN)cc1. The van der Waals surface area contributed by atoms with Crippen LogP contribution in [0.3, 0.4) is 0 Å². The van der Waals surface area contributed by atoms with Gasteiger partial charge in [0.1, 0.15) is 9.84 Å². The second kappa shape index (κ2) is 5.84. The summed E-state index contributed by atoms with van der Waals surface area (Å²) in [7, 11) is -3.05. The van der Waals surface area contributed by atoms with E-state index in [2.05, 4.69) is 0 Å². The molecule has 5 heteroatoms. The van der Waals surface area contributed by atoms with Gasteiger partial charge in [0.25, 0.3) is 0 Å². The lowest BCUT2D eigenvalue weighted by Crippen LogP contribution is -2.27. The molecule has 4 nitrogen and oxygen atoms in total. The van der Waals surface area contributed by atoms with Crippen LogP contribution in [0.15, 0.2) is 24.3 Å². The molecule has 0 spiro atoms. The first-order chi connectivity index (χ1) is 8.65. The van der Waals surface area contributed by atoms with Gasteiger partial charge in [-0.05, 0) is 12.1 Å². The first-order valence-electron chi connectivity index (χ1n) is 6.17. The van der Waals surface area contributed by atoms with Gasteiger partial charge in [-0.25, -0.2) is 8.42 Å². The van der Waals surface area contributed by atoms with Gasteiger partial charge in [-0.3, -0.25) is 4.79 Å². The average Bonchev–Trinajstić information content (AvgIpc) is 2.26. The van der Waals surface area contributed by atoms with E-state index in [0.29, 0.717) is 18.5 Å². The molecule has 0 radical (unpaired) electrons. The molecule has 0 aromatic heterocycles. The largest absolute Gasteiger partial charge is 0.330 e. The fourth-order valence-electron chi connectivity index (χ4n) is 2.12. The second-order valence-electron chi connectivity index (χ2n) is 5.49. The van der Waals surface area contributed by atoms with Gasteiger partial charge in [0.2, 0.25) is 0 Å². The molecule has 0 heterocycles. The van der Waals surface area contributed by atoms with Gasteiger partial charge in [0, 0.05) is 23.7 Å². The van der Waals surface area contributed by atoms with Crippen molar-refractivity contribution in [1.29, 1.82) is 0 Å². The maximum atomic E-state index is 11.7. The number of sulfone groups is 1. The smallest absolute Gasteiger partial charge is 0.164 e. The predicted octanol–water partition coefficient (Wildman–Crippen LogP) is 1.54. The lowest BCUT2D eigenvalue weighted by molar-refractivity contribution is 0.0985. The quantitative estimate of drug-likeness (QED) is 0.803. The van der Waals surface area contributed by atoms with Crippen molar-refractivity contribution in [2.75, 3.05) is 18.6 Å². The minimum absolute atomic E-state index is 0.00923. The Hall–Kier alpha value is -1.20. The first kappa shape index (κ1) is 15.9. The molecule has 0 saturated heterocycles. The van der Waals surface area contributed by atoms with Crippen LogP contribution >= 0.6 is 0 Å². The lowest BCUT2D eigenvalue weighted by Gasteiger charge is -2.24. The molecule has 0 bridgehead atoms. The highest BCUT2D eigenvalue weighted by atomic mass is 32.2. The molecule has 1 aromatic rings. The third-order valence-electron chi connectivity index (χ3n) is 2.98. The van der Waals surface area contributed by atoms with Gasteiger partial charge in [-0.1, -0.05) is 38.1 Å². The molecule has 1 rings (SSSR count). The standard InChI is InChI=1S/C14H21NO3S/c1-14(2,10-19(3,17)18)12-6-4-11(5-7-12)13(16)8-9-15/h4-7H,8-10,15H2,1-3H3. The van der Waals surface area contributed by atoms with E-state index in [1.807, 2.05) is 26.0 Å². The molecule has 0 aliphatic carbocycles. The zero-order valence-electron chi connectivity index (χ0n) is 11.6. The highest BCUT2D eigenvalue weighted by Crippen LogP contribution is 2.25. The van der Waals surface area contributed by atoms with Crippen LogP contribution in [0, 0.1) is 0 Å². The number of hydrogen-bond acceptors (Lipinski definition) is 4. The number of carbonyl (C=O) groups excluding carboxylic acids is 1. The fourth-order valence-corrected chi connectivity index (χ4v) is 3.60. The Kier molecular flexibility index (Phi) is 4.87. The van der Waals surface area contributed by atoms with Crippen molar-refractivity contribution in [2.45, 2.75) is 25.7 Å². The predicted molar refractivity (Wildman–Crippen MR) is 77.2 cm³/mol. The summed E-state index contributed by atoms with van der Waals surface area (Å²) in [4.78, 5) is 11.7. The molecular formula is C14H21NO3S. The molecule has 0 atom stereocenters. The molecule has 0 fully saturated rings. The lowest BCUT2D eigenvalue weighted by atomic mass is 9.86. The molecule has 0 unspecified atom stereocenters. The Morgan fingerprint density at radius 3 is 2.16 bits per heavy atom. The number of hydrogen-bond donors (Lipinski definition) is 1. The molecule has 106 valence electrons. The van der Waals surface area contributed by atoms with Crippen LogP contribution in [0.2, 0.25) is 0 Å². The van der Waals surface area contributed by atoms with Crippen molar-refractivity contribution in [3.05, 3.63) is 35.4 Å². The third kappa shape index (κ3) is 4.76. The number of carbonyl (C=O) groups is 1. The topological polar surface area (TPSA) is 77.2 Å². The molecule has 19 heavy (non-hydrogen) atoms. The molecule has 0 aliphatic heterocycles. The maximum Gasteiger partial charge on any atom is 0.164 e. The monoisotopic (exact) mass is 283 g/mol. The van der Waals surface area contributed by atoms with Crippen molar-refractivity contribution in [3.63, 3.8) is 0 Å². The first-order valence-corrected chi connectivity index (χ1v) is 8.23. The van der Waals surface area contributed by atoms with E-state index in [1.54, 1.807) is 12.1 Å². The third-order valence-corrected chi connectivity index (χ3v) is 4.23. The van der Waals surface area contributed by atoms with Gasteiger partial charge >= 0.3 is 0 Å². The van der Waals surface area contributed by atoms with E-state index >= 15 is 0 Å². The van der Waals surface area contributed by atoms with E-state index in [4.69, 9.17) is 5.73 Å². The number of Topliss-reactive ketones (excluding diaryl/α,β-unsaturated/α-hetero) is 1. The Morgan fingerprint density at radius 1 is 1.21 bits per heavy atom. The Labute approximate surface area is 114 Å². The van der Waals surface area contributed by atoms with Crippen LogP contribution in [0.25, 0.3) is 0 Å². The minimum Gasteiger partial charge on any atom is -0.330 e. The number of ketones is 1. The normalized spacial score (nSPS) is 12.4. The summed E-state index contributed by atoms with van der Waals surface area (Å²) in [5.41, 5.74) is 6.40. The maximum absolute atomic E-state index is 11.7. The van der Waals surface area contributed by atoms with Crippen molar-refractivity contribution < 1.29 is 13.2 Å². The van der Waals surface area contributed by atoms with Crippen molar-refractivity contribution in [1.82, 2.24) is 0 Å². The van der Waals surface area contributed by atoms with E-state index in [-0.39, 0.29) is 11.5 Å². The highest BCUT2D eigenvalue weighted by Gasteiger charge is 2.25. The van der Waals surface area contributed by atoms with E-state index in [1.165, 1.54) is 6.26 Å². The van der Waals surface area contributed by atoms with Gasteiger partial charge < -0.3 is 5.73 Å². The summed E-state index contributed by atoms with van der Waals surface area (Å²) in [6, 6.07) is 7.10. The van der Waals surface area contributed by atoms with Crippen molar-refractivity contribution in [2.24, 2.45) is 5.73 Å². The Balaban J connectivity index is 2.95. The van der Waals surface area contributed by atoms with Crippen LogP contribution in [-0.4, -0.2) is 32.8 Å². The zero-order valence-corrected chi connectivity index (χ0v) is 12.5. The summed E-state index contributed by atoms with van der Waals surface area (Å²) in [5, 5.41) is 0. The molecule has 2 N–H and O–H groups in total. The average molecular weight is 283 g/mol. The minimum atomic E-state index is -3.05. The summed E-state index contributed by atoms with van der Waals surface area (Å²) < 4.78 is 22.8. The summed E-state index contributed by atoms with van der Waals surface area (Å²) in [6.45, 7) is 4.09. The van der Waals surface area contributed by atoms with E-state index < -0.39 is 15.3 Å². The summed E-state index contributed by atoms with van der Waals surface area (Å²) >= 11 is 0. The summed E-state index contributed by atoms with van der Waals surface area (Å²) in [5.74, 6) is 0.0887. The molecule has 0 amide bonds. The van der Waals surface area contributed by atoms with Crippen LogP contribution in [0.4, 0.5) is 0 Å². The molecule has 1 aromatic carbocycles. The second-order valence-corrected chi connectivity index (χ2v) is 7.63. The van der Waals surface area contributed by atoms with E-state index in [0.717, 1.165) is 5.56 Å². The van der Waals surface area contributed by atoms with Crippen LogP contribution in [0.1, 0.15) is 36.2 Å². The number of rotatable bonds is 6. The van der Waals surface area contributed by atoms with Crippen molar-refractivity contribution >= 4 is 15.6 Å². The van der Waals surface area contributed by atoms with Crippen molar-refractivity contribution in [3.8, 4) is 0 Å². The van der Waals surface area contributed by atoms with Crippen LogP contribution in [-0.2, 0) is 15.3 Å². The molecule has 0 saturated carbocycles. The van der Waals surface area contributed by atoms with Gasteiger partial charge in [0.15, 0.2) is 5.78 Å². The zero-order chi connectivity index (χ0) is 14.7. The van der Waals surface area contributed by atoms with Gasteiger partial charge in [-0.15, -0.1) is 0 Å². The van der Waals surface area contributed by atoms with Gasteiger partial charge in [-0.2, -0.15) is 0 Å². The highest BCUT2D eigenvalue weighted by molar-refractivity contribution is 7.90. The number of benzene rings is 1. The van der Waals surface area contributed by atoms with Crippen LogP contribution in [0.5, 0.6) is 0 Å². The molecule has 0 aliphatic rings. The Bertz CT molecular complexity index is 545. The van der Waals surface area contributed by atoms with Gasteiger partial charge in [0.05, 0.1) is 5.75 Å². The molecular weight excluding hydrogens is 262 g/mol. The van der Waals surface area contributed by atoms with E-state index in [9.17, 15) is 13.2 Å². The number of nitrogens with two attached hydrogens (primary N) is 1. The summed E-state index contributed by atoms with van der Waals surface area (Å²) in [6.07, 6.45) is 1.56. The Morgan fingerprint density at radius 2 is 1.74 bits per heavy atom.